The Labute approximate surface area is 122 Å². The average molecular weight is 326 g/mol. The molecule has 4 nitrogen and oxygen atoms in total. The smallest absolute Gasteiger partial charge is 0.244 e. The quantitative estimate of drug-likeness (QED) is 0.788. The van der Waals surface area contributed by atoms with Crippen LogP contribution < -0.4 is 16.4 Å². The van der Waals surface area contributed by atoms with E-state index in [1.165, 1.54) is 0 Å². The molecule has 2 unspecified atom stereocenters. The molecular formula is C14H20BrN3O. The number of benzene rings is 1. The van der Waals surface area contributed by atoms with Gasteiger partial charge in [-0.3, -0.25) is 4.79 Å². The molecule has 19 heavy (non-hydrogen) atoms. The summed E-state index contributed by atoms with van der Waals surface area (Å²) in [5.74, 6) is -0.122. The van der Waals surface area contributed by atoms with Crippen molar-refractivity contribution in [2.75, 3.05) is 13.1 Å². The van der Waals surface area contributed by atoms with Gasteiger partial charge in [-0.25, -0.2) is 0 Å². The van der Waals surface area contributed by atoms with E-state index in [0.29, 0.717) is 0 Å². The highest BCUT2D eigenvalue weighted by Crippen LogP contribution is 2.21. The molecule has 1 aliphatic heterocycles. The van der Waals surface area contributed by atoms with Crippen LogP contribution >= 0.6 is 15.9 Å². The second-order valence-corrected chi connectivity index (χ2v) is 6.14. The number of piperidine rings is 1. The maximum absolute atomic E-state index is 12.3. The van der Waals surface area contributed by atoms with Crippen molar-refractivity contribution in [3.05, 3.63) is 34.3 Å². The molecule has 0 aromatic heterocycles. The first kappa shape index (κ1) is 14.5. The highest BCUT2D eigenvalue weighted by molar-refractivity contribution is 9.10. The largest absolute Gasteiger partial charge is 0.350 e. The fourth-order valence-electron chi connectivity index (χ4n) is 2.24. The third-order valence-electron chi connectivity index (χ3n) is 3.55. The van der Waals surface area contributed by atoms with Crippen molar-refractivity contribution in [1.29, 1.82) is 0 Å². The Morgan fingerprint density at radius 1 is 1.47 bits per heavy atom. The van der Waals surface area contributed by atoms with Crippen LogP contribution in [0.1, 0.15) is 25.3 Å². The Bertz CT molecular complexity index is 439. The summed E-state index contributed by atoms with van der Waals surface area (Å²) < 4.78 is 0.976. The second-order valence-electron chi connectivity index (χ2n) is 5.23. The number of nitrogens with two attached hydrogens (primary N) is 1. The number of halogens is 1. The molecule has 1 aliphatic rings. The first-order valence-corrected chi connectivity index (χ1v) is 7.36. The molecule has 5 heteroatoms. The zero-order valence-electron chi connectivity index (χ0n) is 11.1. The van der Waals surface area contributed by atoms with Crippen molar-refractivity contribution in [2.24, 2.45) is 5.73 Å². The third kappa shape index (κ3) is 3.55. The van der Waals surface area contributed by atoms with Gasteiger partial charge in [-0.2, -0.15) is 0 Å². The van der Waals surface area contributed by atoms with E-state index in [1.54, 1.807) is 6.92 Å². The molecule has 1 aromatic carbocycles. The molecule has 2 rings (SSSR count). The van der Waals surface area contributed by atoms with Crippen LogP contribution in [0.25, 0.3) is 0 Å². The molecule has 0 spiro atoms. The minimum absolute atomic E-state index is 0.122. The fourth-order valence-corrected chi connectivity index (χ4v) is 2.50. The predicted molar refractivity (Wildman–Crippen MR) is 79.7 cm³/mol. The Hall–Kier alpha value is -0.910. The summed E-state index contributed by atoms with van der Waals surface area (Å²) in [7, 11) is 0. The minimum Gasteiger partial charge on any atom is -0.350 e. The summed E-state index contributed by atoms with van der Waals surface area (Å²) in [5.41, 5.74) is 6.02. The van der Waals surface area contributed by atoms with E-state index in [9.17, 15) is 4.79 Å². The van der Waals surface area contributed by atoms with Crippen LogP contribution in [0.5, 0.6) is 0 Å². The average Bonchev–Trinajstić information content (AvgIpc) is 2.40. The lowest BCUT2D eigenvalue weighted by molar-refractivity contribution is -0.126. The molecule has 0 aliphatic carbocycles. The standard InChI is InChI=1S/C14H20BrN3O/c1-14(16,10-4-6-11(15)7-5-10)13(19)18-12-3-2-8-17-9-12/h4-7,12,17H,2-3,8-9,16H2,1H3,(H,18,19). The van der Waals surface area contributed by atoms with Gasteiger partial charge >= 0.3 is 0 Å². The molecule has 0 saturated carbocycles. The van der Waals surface area contributed by atoms with E-state index < -0.39 is 5.54 Å². The lowest BCUT2D eigenvalue weighted by Gasteiger charge is -2.30. The summed E-state index contributed by atoms with van der Waals surface area (Å²) in [5, 5.41) is 6.31. The number of rotatable bonds is 3. The van der Waals surface area contributed by atoms with E-state index in [-0.39, 0.29) is 11.9 Å². The number of amides is 1. The molecule has 104 valence electrons. The Morgan fingerprint density at radius 2 is 2.16 bits per heavy atom. The van der Waals surface area contributed by atoms with Gasteiger partial charge in [0.15, 0.2) is 0 Å². The SMILES string of the molecule is CC(N)(C(=O)NC1CCCNC1)c1ccc(Br)cc1. The van der Waals surface area contributed by atoms with Gasteiger partial charge in [0, 0.05) is 17.1 Å². The third-order valence-corrected chi connectivity index (χ3v) is 4.08. The van der Waals surface area contributed by atoms with Gasteiger partial charge in [0.05, 0.1) is 0 Å². The van der Waals surface area contributed by atoms with Gasteiger partial charge in [-0.05, 0) is 44.0 Å². The predicted octanol–water partition coefficient (Wildman–Crippen LogP) is 1.49. The van der Waals surface area contributed by atoms with Gasteiger partial charge in [-0.15, -0.1) is 0 Å². The topological polar surface area (TPSA) is 67.2 Å². The number of hydrogen-bond acceptors (Lipinski definition) is 3. The van der Waals surface area contributed by atoms with Gasteiger partial charge in [-0.1, -0.05) is 28.1 Å². The molecule has 1 fully saturated rings. The normalized spacial score (nSPS) is 22.6. The van der Waals surface area contributed by atoms with E-state index in [0.717, 1.165) is 36.0 Å². The van der Waals surface area contributed by atoms with Crippen molar-refractivity contribution < 1.29 is 4.79 Å². The highest BCUT2D eigenvalue weighted by atomic mass is 79.9. The monoisotopic (exact) mass is 325 g/mol. The van der Waals surface area contributed by atoms with E-state index in [2.05, 4.69) is 26.6 Å². The lowest BCUT2D eigenvalue weighted by atomic mass is 9.91. The van der Waals surface area contributed by atoms with Crippen molar-refractivity contribution in [3.63, 3.8) is 0 Å². The Morgan fingerprint density at radius 3 is 2.74 bits per heavy atom. The van der Waals surface area contributed by atoms with Gasteiger partial charge in [0.1, 0.15) is 5.54 Å². The highest BCUT2D eigenvalue weighted by Gasteiger charge is 2.32. The van der Waals surface area contributed by atoms with Gasteiger partial charge in [0.25, 0.3) is 0 Å². The van der Waals surface area contributed by atoms with Crippen molar-refractivity contribution in [2.45, 2.75) is 31.3 Å². The molecule has 1 amide bonds. The molecule has 0 bridgehead atoms. The maximum atomic E-state index is 12.3. The molecule has 1 aromatic rings. The first-order chi connectivity index (χ1) is 9.00. The summed E-state index contributed by atoms with van der Waals surface area (Å²) in [6.45, 7) is 3.60. The second kappa shape index (κ2) is 6.03. The summed E-state index contributed by atoms with van der Waals surface area (Å²) in [4.78, 5) is 12.3. The minimum atomic E-state index is -1.00. The number of carbonyl (C=O) groups excluding carboxylic acids is 1. The zero-order valence-corrected chi connectivity index (χ0v) is 12.7. The van der Waals surface area contributed by atoms with Crippen LogP contribution in [0.4, 0.5) is 0 Å². The van der Waals surface area contributed by atoms with E-state index >= 15 is 0 Å². The maximum Gasteiger partial charge on any atom is 0.244 e. The fraction of sp³-hybridized carbons (Fsp3) is 0.500. The molecular weight excluding hydrogens is 306 g/mol. The summed E-state index contributed by atoms with van der Waals surface area (Å²) in [6.07, 6.45) is 2.10. The van der Waals surface area contributed by atoms with Crippen LogP contribution in [0.15, 0.2) is 28.7 Å². The van der Waals surface area contributed by atoms with Crippen LogP contribution in [0.3, 0.4) is 0 Å². The van der Waals surface area contributed by atoms with Crippen molar-refractivity contribution >= 4 is 21.8 Å². The van der Waals surface area contributed by atoms with Crippen molar-refractivity contribution in [3.8, 4) is 0 Å². The number of hydrogen-bond donors (Lipinski definition) is 3. The number of carbonyl (C=O) groups is 1. The molecule has 0 radical (unpaired) electrons. The van der Waals surface area contributed by atoms with Crippen LogP contribution in [-0.2, 0) is 10.3 Å². The lowest BCUT2D eigenvalue weighted by Crippen LogP contribution is -2.55. The van der Waals surface area contributed by atoms with Gasteiger partial charge in [0.2, 0.25) is 5.91 Å². The van der Waals surface area contributed by atoms with Crippen LogP contribution in [0, 0.1) is 0 Å². The van der Waals surface area contributed by atoms with Crippen molar-refractivity contribution in [1.82, 2.24) is 10.6 Å². The molecule has 4 N–H and O–H groups in total. The first-order valence-electron chi connectivity index (χ1n) is 6.57. The van der Waals surface area contributed by atoms with E-state index in [1.807, 2.05) is 24.3 Å². The van der Waals surface area contributed by atoms with Gasteiger partial charge < -0.3 is 16.4 Å². The Balaban J connectivity index is 2.05. The summed E-state index contributed by atoms with van der Waals surface area (Å²) >= 11 is 3.38. The molecule has 1 heterocycles. The zero-order chi connectivity index (χ0) is 13.9. The Kier molecular flexibility index (Phi) is 4.60. The van der Waals surface area contributed by atoms with Crippen LogP contribution in [0.2, 0.25) is 0 Å². The molecule has 2 atom stereocenters. The van der Waals surface area contributed by atoms with E-state index in [4.69, 9.17) is 5.73 Å². The number of nitrogens with one attached hydrogen (secondary N) is 2. The van der Waals surface area contributed by atoms with Crippen LogP contribution in [-0.4, -0.2) is 25.0 Å². The summed E-state index contributed by atoms with van der Waals surface area (Å²) in [6, 6.07) is 7.73. The molecule has 1 saturated heterocycles.